The summed E-state index contributed by atoms with van der Waals surface area (Å²) in [7, 11) is 0. The van der Waals surface area contributed by atoms with E-state index >= 15 is 0 Å². The first-order valence-corrected chi connectivity index (χ1v) is 7.00. The summed E-state index contributed by atoms with van der Waals surface area (Å²) in [5, 5.41) is 10.3. The first-order chi connectivity index (χ1) is 8.58. The maximum absolute atomic E-state index is 10.3. The first-order valence-electron chi connectivity index (χ1n) is 5.92. The average molecular weight is 353 g/mol. The van der Waals surface area contributed by atoms with E-state index in [1.807, 2.05) is 37.4 Å². The second-order valence-corrected chi connectivity index (χ2v) is 5.60. The molecule has 18 heavy (non-hydrogen) atoms. The molecule has 0 bridgehead atoms. The molecule has 1 heterocycles. The van der Waals surface area contributed by atoms with E-state index in [-0.39, 0.29) is 0 Å². The Morgan fingerprint density at radius 2 is 2.00 bits per heavy atom. The summed E-state index contributed by atoms with van der Waals surface area (Å²) >= 11 is 2.29. The maximum atomic E-state index is 10.3. The molecule has 94 valence electrons. The maximum Gasteiger partial charge on any atom is 0.0855 e. The summed E-state index contributed by atoms with van der Waals surface area (Å²) < 4.78 is 1.13. The van der Waals surface area contributed by atoms with Crippen LogP contribution in [0.4, 0.5) is 0 Å². The van der Waals surface area contributed by atoms with Gasteiger partial charge >= 0.3 is 0 Å². The Bertz CT molecular complexity index is 537. The topological polar surface area (TPSA) is 33.1 Å². The molecule has 0 spiro atoms. The molecule has 0 saturated carbocycles. The summed E-state index contributed by atoms with van der Waals surface area (Å²) in [4.78, 5) is 4.33. The molecule has 0 aliphatic carbocycles. The summed E-state index contributed by atoms with van der Waals surface area (Å²) in [6.45, 7) is 4.07. The average Bonchev–Trinajstić information content (AvgIpc) is 2.35. The van der Waals surface area contributed by atoms with Crippen LogP contribution >= 0.6 is 22.6 Å². The van der Waals surface area contributed by atoms with Crippen LogP contribution in [0.2, 0.25) is 0 Å². The Kier molecular flexibility index (Phi) is 4.35. The fourth-order valence-electron chi connectivity index (χ4n) is 1.85. The number of hydrogen-bond donors (Lipinski definition) is 1. The van der Waals surface area contributed by atoms with Gasteiger partial charge in [-0.1, -0.05) is 24.3 Å². The molecule has 2 nitrogen and oxygen atoms in total. The lowest BCUT2D eigenvalue weighted by molar-refractivity contribution is 0.176. The third kappa shape index (κ3) is 3.09. The predicted octanol–water partition coefficient (Wildman–Crippen LogP) is 3.58. The van der Waals surface area contributed by atoms with Gasteiger partial charge in [0.25, 0.3) is 0 Å². The normalized spacial score (nSPS) is 12.4. The molecule has 1 aromatic heterocycles. The molecule has 1 N–H and O–H groups in total. The molecule has 1 aromatic carbocycles. The molecule has 0 radical (unpaired) electrons. The van der Waals surface area contributed by atoms with Crippen LogP contribution in [-0.2, 0) is 6.42 Å². The molecule has 2 rings (SSSR count). The molecular weight excluding hydrogens is 337 g/mol. The van der Waals surface area contributed by atoms with Gasteiger partial charge < -0.3 is 5.11 Å². The van der Waals surface area contributed by atoms with E-state index in [1.165, 1.54) is 5.56 Å². The summed E-state index contributed by atoms with van der Waals surface area (Å²) in [6.07, 6.45) is 1.90. The van der Waals surface area contributed by atoms with Crippen molar-refractivity contribution in [1.29, 1.82) is 0 Å². The molecule has 0 aliphatic heterocycles. The Hall–Kier alpha value is -0.940. The standard InChI is InChI=1S/C15H16INO/c1-10-6-7-12(17-9-10)8-14(18)13-5-3-4-11(2)15(13)16/h3-7,9,14,18H,8H2,1-2H3. The minimum Gasteiger partial charge on any atom is -0.388 e. The second kappa shape index (κ2) is 5.80. The zero-order valence-electron chi connectivity index (χ0n) is 10.5. The largest absolute Gasteiger partial charge is 0.388 e. The van der Waals surface area contributed by atoms with Crippen LogP contribution in [-0.4, -0.2) is 10.1 Å². The number of nitrogens with zero attached hydrogens (tertiary/aromatic N) is 1. The van der Waals surface area contributed by atoms with Gasteiger partial charge in [0.2, 0.25) is 0 Å². The van der Waals surface area contributed by atoms with Crippen LogP contribution in [0.25, 0.3) is 0 Å². The van der Waals surface area contributed by atoms with Gasteiger partial charge in [0.1, 0.15) is 0 Å². The van der Waals surface area contributed by atoms with Crippen LogP contribution < -0.4 is 0 Å². The van der Waals surface area contributed by atoms with Crippen molar-refractivity contribution < 1.29 is 5.11 Å². The highest BCUT2D eigenvalue weighted by molar-refractivity contribution is 14.1. The SMILES string of the molecule is Cc1ccc(CC(O)c2cccc(C)c2I)nc1. The second-order valence-electron chi connectivity index (χ2n) is 4.52. The lowest BCUT2D eigenvalue weighted by atomic mass is 10.0. The Labute approximate surface area is 121 Å². The van der Waals surface area contributed by atoms with Crippen molar-refractivity contribution in [3.05, 3.63) is 62.5 Å². The molecule has 2 aromatic rings. The van der Waals surface area contributed by atoms with Crippen LogP contribution in [0.15, 0.2) is 36.5 Å². The zero-order chi connectivity index (χ0) is 13.1. The summed E-state index contributed by atoms with van der Waals surface area (Å²) in [6, 6.07) is 10.0. The highest BCUT2D eigenvalue weighted by Crippen LogP contribution is 2.25. The fourth-order valence-corrected chi connectivity index (χ4v) is 2.57. The number of rotatable bonds is 3. The van der Waals surface area contributed by atoms with E-state index in [2.05, 4.69) is 40.6 Å². The minimum absolute atomic E-state index is 0.494. The molecule has 1 atom stereocenters. The summed E-state index contributed by atoms with van der Waals surface area (Å²) in [5.74, 6) is 0. The number of pyridine rings is 1. The van der Waals surface area contributed by atoms with Crippen molar-refractivity contribution in [2.24, 2.45) is 0 Å². The number of aliphatic hydroxyl groups is 1. The van der Waals surface area contributed by atoms with Gasteiger partial charge in [0, 0.05) is 21.9 Å². The number of halogens is 1. The van der Waals surface area contributed by atoms with E-state index in [9.17, 15) is 5.11 Å². The molecule has 3 heteroatoms. The van der Waals surface area contributed by atoms with Gasteiger partial charge in [0.15, 0.2) is 0 Å². The van der Waals surface area contributed by atoms with Gasteiger partial charge in [-0.25, -0.2) is 0 Å². The highest BCUT2D eigenvalue weighted by atomic mass is 127. The Morgan fingerprint density at radius 1 is 1.22 bits per heavy atom. The predicted molar refractivity (Wildman–Crippen MR) is 81.5 cm³/mol. The number of benzene rings is 1. The number of aliphatic hydroxyl groups excluding tert-OH is 1. The van der Waals surface area contributed by atoms with Crippen molar-refractivity contribution in [2.75, 3.05) is 0 Å². The van der Waals surface area contributed by atoms with Gasteiger partial charge in [0.05, 0.1) is 6.10 Å². The van der Waals surface area contributed by atoms with Crippen molar-refractivity contribution in [1.82, 2.24) is 4.98 Å². The Morgan fingerprint density at radius 3 is 2.67 bits per heavy atom. The molecular formula is C15H16INO. The smallest absolute Gasteiger partial charge is 0.0855 e. The van der Waals surface area contributed by atoms with Crippen molar-refractivity contribution in [3.8, 4) is 0 Å². The zero-order valence-corrected chi connectivity index (χ0v) is 12.7. The van der Waals surface area contributed by atoms with E-state index in [1.54, 1.807) is 0 Å². The third-order valence-electron chi connectivity index (χ3n) is 2.96. The van der Waals surface area contributed by atoms with E-state index in [0.717, 1.165) is 20.4 Å². The monoisotopic (exact) mass is 353 g/mol. The van der Waals surface area contributed by atoms with Gasteiger partial charge in [-0.05, 0) is 59.2 Å². The molecule has 0 amide bonds. The van der Waals surface area contributed by atoms with Crippen LogP contribution in [0, 0.1) is 17.4 Å². The number of aryl methyl sites for hydroxylation is 2. The lowest BCUT2D eigenvalue weighted by Gasteiger charge is -2.14. The number of aromatic nitrogens is 1. The van der Waals surface area contributed by atoms with Gasteiger partial charge in [-0.15, -0.1) is 0 Å². The highest BCUT2D eigenvalue weighted by Gasteiger charge is 2.13. The number of hydrogen-bond acceptors (Lipinski definition) is 2. The minimum atomic E-state index is -0.494. The fraction of sp³-hybridized carbons (Fsp3) is 0.267. The van der Waals surface area contributed by atoms with E-state index in [4.69, 9.17) is 0 Å². The van der Waals surface area contributed by atoms with Gasteiger partial charge in [-0.2, -0.15) is 0 Å². The van der Waals surface area contributed by atoms with E-state index in [0.29, 0.717) is 6.42 Å². The quantitative estimate of drug-likeness (QED) is 0.856. The van der Waals surface area contributed by atoms with Crippen molar-refractivity contribution in [2.45, 2.75) is 26.4 Å². The van der Waals surface area contributed by atoms with E-state index < -0.39 is 6.10 Å². The molecule has 0 fully saturated rings. The Balaban J connectivity index is 2.19. The van der Waals surface area contributed by atoms with Crippen LogP contribution in [0.3, 0.4) is 0 Å². The molecule has 0 saturated heterocycles. The van der Waals surface area contributed by atoms with Crippen molar-refractivity contribution >= 4 is 22.6 Å². The molecule has 0 aliphatic rings. The van der Waals surface area contributed by atoms with Crippen molar-refractivity contribution in [3.63, 3.8) is 0 Å². The van der Waals surface area contributed by atoms with Crippen LogP contribution in [0.1, 0.15) is 28.5 Å². The molecule has 1 unspecified atom stereocenters. The first kappa shape index (κ1) is 13.5. The lowest BCUT2D eigenvalue weighted by Crippen LogP contribution is -2.06. The van der Waals surface area contributed by atoms with Gasteiger partial charge in [-0.3, -0.25) is 4.98 Å². The van der Waals surface area contributed by atoms with Crippen LogP contribution in [0.5, 0.6) is 0 Å². The third-order valence-corrected chi connectivity index (χ3v) is 4.43. The summed E-state index contributed by atoms with van der Waals surface area (Å²) in [5.41, 5.74) is 4.24.